The Morgan fingerprint density at radius 3 is 2.57 bits per heavy atom. The van der Waals surface area contributed by atoms with Crippen LogP contribution in [0.2, 0.25) is 0 Å². The number of ether oxygens (including phenoxy) is 2. The zero-order chi connectivity index (χ0) is 17.0. The van der Waals surface area contributed by atoms with Gasteiger partial charge in [0.05, 0.1) is 4.92 Å². The molecular formula is C16H14FNO5. The Morgan fingerprint density at radius 1 is 1.17 bits per heavy atom. The number of nitrogens with zero attached hydrogens (tertiary/aromatic N) is 1. The molecule has 0 spiro atoms. The minimum Gasteiger partial charge on any atom is -0.482 e. The van der Waals surface area contributed by atoms with Gasteiger partial charge in [0, 0.05) is 12.1 Å². The summed E-state index contributed by atoms with van der Waals surface area (Å²) in [6, 6.07) is 7.93. The summed E-state index contributed by atoms with van der Waals surface area (Å²) in [6.45, 7) is 3.39. The van der Waals surface area contributed by atoms with Gasteiger partial charge in [0.25, 0.3) is 0 Å². The monoisotopic (exact) mass is 319 g/mol. The van der Waals surface area contributed by atoms with Gasteiger partial charge in [-0.2, -0.15) is 0 Å². The van der Waals surface area contributed by atoms with Crippen LogP contribution in [0.3, 0.4) is 0 Å². The number of hydrogen-bond acceptors (Lipinski definition) is 5. The van der Waals surface area contributed by atoms with Gasteiger partial charge >= 0.3 is 11.7 Å². The van der Waals surface area contributed by atoms with Gasteiger partial charge in [-0.3, -0.25) is 10.1 Å². The molecule has 0 aliphatic rings. The second-order valence-corrected chi connectivity index (χ2v) is 4.88. The fraction of sp³-hybridized carbons (Fsp3) is 0.188. The van der Waals surface area contributed by atoms with Crippen molar-refractivity contribution in [2.75, 3.05) is 6.61 Å². The van der Waals surface area contributed by atoms with Crippen LogP contribution in [0, 0.1) is 29.8 Å². The highest BCUT2D eigenvalue weighted by atomic mass is 19.1. The number of carbonyl (C=O) groups excluding carboxylic acids is 1. The molecule has 0 aromatic heterocycles. The lowest BCUT2D eigenvalue weighted by molar-refractivity contribution is -0.385. The van der Waals surface area contributed by atoms with E-state index < -0.39 is 34.8 Å². The van der Waals surface area contributed by atoms with Gasteiger partial charge in [0.2, 0.25) is 5.75 Å². The van der Waals surface area contributed by atoms with Crippen LogP contribution in [0.1, 0.15) is 11.1 Å². The lowest BCUT2D eigenvalue weighted by Crippen LogP contribution is -2.18. The molecule has 2 aromatic rings. The Hall–Kier alpha value is -2.96. The molecule has 0 aliphatic carbocycles. The molecule has 0 N–H and O–H groups in total. The smallest absolute Gasteiger partial charge is 0.349 e. The molecule has 0 saturated heterocycles. The Labute approximate surface area is 131 Å². The van der Waals surface area contributed by atoms with E-state index in [1.54, 1.807) is 12.1 Å². The summed E-state index contributed by atoms with van der Waals surface area (Å²) in [7, 11) is 0. The number of benzene rings is 2. The van der Waals surface area contributed by atoms with E-state index in [0.29, 0.717) is 5.75 Å². The van der Waals surface area contributed by atoms with Gasteiger partial charge in [-0.25, -0.2) is 9.18 Å². The Bertz CT molecular complexity index is 760. The van der Waals surface area contributed by atoms with Crippen LogP contribution in [-0.4, -0.2) is 17.5 Å². The number of carbonyl (C=O) groups is 1. The number of hydrogen-bond donors (Lipinski definition) is 0. The molecule has 120 valence electrons. The van der Waals surface area contributed by atoms with Crippen LogP contribution in [0.4, 0.5) is 10.1 Å². The van der Waals surface area contributed by atoms with Crippen molar-refractivity contribution < 1.29 is 23.6 Å². The summed E-state index contributed by atoms with van der Waals surface area (Å²) in [5.41, 5.74) is 1.58. The van der Waals surface area contributed by atoms with Crippen LogP contribution in [0.15, 0.2) is 36.4 Å². The van der Waals surface area contributed by atoms with Crippen molar-refractivity contribution in [2.24, 2.45) is 0 Å². The molecule has 2 aromatic carbocycles. The summed E-state index contributed by atoms with van der Waals surface area (Å²) in [4.78, 5) is 21.8. The number of halogens is 1. The summed E-state index contributed by atoms with van der Waals surface area (Å²) in [5, 5.41) is 10.8. The first-order chi connectivity index (χ1) is 10.9. The van der Waals surface area contributed by atoms with Crippen LogP contribution >= 0.6 is 0 Å². The lowest BCUT2D eigenvalue weighted by atomic mass is 10.1. The fourth-order valence-electron chi connectivity index (χ4n) is 1.82. The largest absolute Gasteiger partial charge is 0.482 e. The third-order valence-electron chi connectivity index (χ3n) is 3.18. The standard InChI is InChI=1S/C16H14FNO5/c1-10-3-5-13(7-11(10)2)22-9-16(19)23-15-8-12(17)4-6-14(15)18(20)21/h3-8H,9H2,1-2H3. The maximum atomic E-state index is 13.1. The molecule has 7 heteroatoms. The van der Waals surface area contributed by atoms with Gasteiger partial charge in [-0.05, 0) is 43.2 Å². The van der Waals surface area contributed by atoms with Gasteiger partial charge in [0.15, 0.2) is 6.61 Å². The average Bonchev–Trinajstić information content (AvgIpc) is 2.48. The molecule has 2 rings (SSSR count). The van der Waals surface area contributed by atoms with Crippen LogP contribution in [0.25, 0.3) is 0 Å². The third-order valence-corrected chi connectivity index (χ3v) is 3.18. The van der Waals surface area contributed by atoms with E-state index >= 15 is 0 Å². The van der Waals surface area contributed by atoms with Crippen molar-refractivity contribution in [1.29, 1.82) is 0 Å². The molecular weight excluding hydrogens is 305 g/mol. The van der Waals surface area contributed by atoms with Crippen LogP contribution in [-0.2, 0) is 4.79 Å². The maximum absolute atomic E-state index is 13.1. The summed E-state index contributed by atoms with van der Waals surface area (Å²) < 4.78 is 23.2. The summed E-state index contributed by atoms with van der Waals surface area (Å²) in [6.07, 6.45) is 0. The molecule has 0 saturated carbocycles. The molecule has 0 bridgehead atoms. The number of nitro groups is 1. The Balaban J connectivity index is 2.03. The van der Waals surface area contributed by atoms with E-state index in [1.807, 2.05) is 19.9 Å². The summed E-state index contributed by atoms with van der Waals surface area (Å²) in [5.74, 6) is -1.59. The topological polar surface area (TPSA) is 78.7 Å². The fourth-order valence-corrected chi connectivity index (χ4v) is 1.82. The van der Waals surface area contributed by atoms with E-state index in [0.717, 1.165) is 29.3 Å². The van der Waals surface area contributed by atoms with E-state index in [9.17, 15) is 19.3 Å². The second kappa shape index (κ2) is 6.87. The van der Waals surface area contributed by atoms with Crippen molar-refractivity contribution >= 4 is 11.7 Å². The predicted molar refractivity (Wildman–Crippen MR) is 80.1 cm³/mol. The number of esters is 1. The Kier molecular flexibility index (Phi) is 4.90. The normalized spacial score (nSPS) is 10.2. The van der Waals surface area contributed by atoms with Crippen molar-refractivity contribution in [3.05, 3.63) is 63.5 Å². The molecule has 0 unspecified atom stereocenters. The average molecular weight is 319 g/mol. The Morgan fingerprint density at radius 2 is 1.91 bits per heavy atom. The lowest BCUT2D eigenvalue weighted by Gasteiger charge is -2.08. The first-order valence-electron chi connectivity index (χ1n) is 6.71. The second-order valence-electron chi connectivity index (χ2n) is 4.88. The maximum Gasteiger partial charge on any atom is 0.349 e. The SMILES string of the molecule is Cc1ccc(OCC(=O)Oc2cc(F)ccc2[N+](=O)[O-])cc1C. The molecule has 23 heavy (non-hydrogen) atoms. The van der Waals surface area contributed by atoms with E-state index in [1.165, 1.54) is 0 Å². The number of aryl methyl sites for hydroxylation is 2. The van der Waals surface area contributed by atoms with Crippen molar-refractivity contribution in [2.45, 2.75) is 13.8 Å². The van der Waals surface area contributed by atoms with Gasteiger partial charge < -0.3 is 9.47 Å². The highest BCUT2D eigenvalue weighted by Gasteiger charge is 2.19. The van der Waals surface area contributed by atoms with E-state index in [4.69, 9.17) is 9.47 Å². The van der Waals surface area contributed by atoms with E-state index in [2.05, 4.69) is 0 Å². The van der Waals surface area contributed by atoms with Gasteiger partial charge in [0.1, 0.15) is 11.6 Å². The minimum atomic E-state index is -0.864. The molecule has 0 aliphatic heterocycles. The molecule has 0 radical (unpaired) electrons. The third kappa shape index (κ3) is 4.26. The first-order valence-corrected chi connectivity index (χ1v) is 6.71. The highest BCUT2D eigenvalue weighted by Crippen LogP contribution is 2.27. The zero-order valence-corrected chi connectivity index (χ0v) is 12.5. The molecule has 0 heterocycles. The molecule has 0 amide bonds. The minimum absolute atomic E-state index is 0.448. The molecule has 0 atom stereocenters. The van der Waals surface area contributed by atoms with E-state index in [-0.39, 0.29) is 0 Å². The quantitative estimate of drug-likeness (QED) is 0.365. The number of nitro benzene ring substituents is 1. The van der Waals surface area contributed by atoms with Crippen molar-refractivity contribution in [3.8, 4) is 11.5 Å². The molecule has 0 fully saturated rings. The van der Waals surface area contributed by atoms with Gasteiger partial charge in [-0.15, -0.1) is 0 Å². The first kappa shape index (κ1) is 16.4. The van der Waals surface area contributed by atoms with Crippen molar-refractivity contribution in [3.63, 3.8) is 0 Å². The van der Waals surface area contributed by atoms with Crippen molar-refractivity contribution in [1.82, 2.24) is 0 Å². The van der Waals surface area contributed by atoms with Crippen LogP contribution < -0.4 is 9.47 Å². The highest BCUT2D eigenvalue weighted by molar-refractivity contribution is 5.75. The van der Waals surface area contributed by atoms with Crippen LogP contribution in [0.5, 0.6) is 11.5 Å². The zero-order valence-electron chi connectivity index (χ0n) is 12.5. The summed E-state index contributed by atoms with van der Waals surface area (Å²) >= 11 is 0. The molecule has 6 nitrogen and oxygen atoms in total. The van der Waals surface area contributed by atoms with Gasteiger partial charge in [-0.1, -0.05) is 6.07 Å². The predicted octanol–water partition coefficient (Wildman–Crippen LogP) is 3.34. The number of rotatable bonds is 5.